The van der Waals surface area contributed by atoms with Crippen molar-refractivity contribution < 1.29 is 0 Å². The highest BCUT2D eigenvalue weighted by atomic mass is 32.9. The van der Waals surface area contributed by atoms with Crippen molar-refractivity contribution in [2.24, 2.45) is 0 Å². The van der Waals surface area contributed by atoms with Crippen LogP contribution in [0.15, 0.2) is 18.2 Å². The van der Waals surface area contributed by atoms with Gasteiger partial charge in [0.15, 0.2) is 0 Å². The minimum atomic E-state index is 0.838. The maximum Gasteiger partial charge on any atom is 0.124 e. The second-order valence-corrected chi connectivity index (χ2v) is 4.09. The predicted octanol–water partition coefficient (Wildman–Crippen LogP) is 2.79. The van der Waals surface area contributed by atoms with Crippen molar-refractivity contribution in [1.82, 2.24) is 0 Å². The molecular formula is C7H3NS2. The second kappa shape index (κ2) is 2.08. The summed E-state index contributed by atoms with van der Waals surface area (Å²) in [5, 5.41) is 8.61. The van der Waals surface area contributed by atoms with Crippen molar-refractivity contribution in [3.63, 3.8) is 0 Å². The van der Waals surface area contributed by atoms with E-state index in [-0.39, 0.29) is 0 Å². The molecule has 0 unspecified atom stereocenters. The fourth-order valence-electron chi connectivity index (χ4n) is 0.874. The lowest BCUT2D eigenvalue weighted by atomic mass is 10.3. The van der Waals surface area contributed by atoms with Gasteiger partial charge in [0.05, 0.1) is 0 Å². The summed E-state index contributed by atoms with van der Waals surface area (Å²) in [6, 6.07) is 8.17. The predicted molar refractivity (Wildman–Crippen MR) is 43.5 cm³/mol. The first-order valence-electron chi connectivity index (χ1n) is 2.79. The van der Waals surface area contributed by atoms with Gasteiger partial charge in [0.1, 0.15) is 10.9 Å². The van der Waals surface area contributed by atoms with Crippen LogP contribution >= 0.6 is 20.7 Å². The van der Waals surface area contributed by atoms with Gasteiger partial charge in [0.25, 0.3) is 0 Å². The van der Waals surface area contributed by atoms with Gasteiger partial charge in [-0.25, -0.2) is 0 Å². The average Bonchev–Trinajstić information content (AvgIpc) is 2.44. The molecule has 48 valence electrons. The molecule has 0 saturated heterocycles. The third kappa shape index (κ3) is 0.666. The van der Waals surface area contributed by atoms with Gasteiger partial charge in [-0.1, -0.05) is 32.8 Å². The molecular weight excluding hydrogens is 162 g/mol. The molecule has 0 radical (unpaired) electrons. The largest absolute Gasteiger partial charge is 0.191 e. The smallest absolute Gasteiger partial charge is 0.124 e. The Hall–Kier alpha value is -0.850. The summed E-state index contributed by atoms with van der Waals surface area (Å²) in [5.74, 6) is 0. The Morgan fingerprint density at radius 2 is 2.20 bits per heavy atom. The molecule has 1 aliphatic carbocycles. The van der Waals surface area contributed by atoms with Gasteiger partial charge in [0.2, 0.25) is 0 Å². The first-order valence-corrected chi connectivity index (χ1v) is 4.94. The third-order valence-electron chi connectivity index (χ3n) is 1.34. The van der Waals surface area contributed by atoms with E-state index in [0.29, 0.717) is 0 Å². The number of hydrogen-bond donors (Lipinski definition) is 0. The number of nitrogens with zero attached hydrogens (tertiary/aromatic N) is 1. The highest BCUT2D eigenvalue weighted by Gasteiger charge is 2.09. The Morgan fingerprint density at radius 3 is 3.00 bits per heavy atom. The molecule has 2 aliphatic rings. The van der Waals surface area contributed by atoms with E-state index in [4.69, 9.17) is 5.26 Å². The quantitative estimate of drug-likeness (QED) is 0.551. The Morgan fingerprint density at radius 1 is 1.30 bits per heavy atom. The molecule has 1 aliphatic heterocycles. The summed E-state index contributed by atoms with van der Waals surface area (Å²) >= 11 is 0. The molecule has 0 amide bonds. The fraction of sp³-hybridized carbons (Fsp3) is 0. The van der Waals surface area contributed by atoms with E-state index >= 15 is 0 Å². The average molecular weight is 165 g/mol. The molecule has 3 heteroatoms. The molecule has 0 aromatic heterocycles. The Balaban J connectivity index is 2.75. The fourth-order valence-corrected chi connectivity index (χ4v) is 3.15. The Kier molecular flexibility index (Phi) is 1.23. The number of rotatable bonds is 0. The molecule has 0 saturated carbocycles. The molecule has 0 N–H and O–H groups in total. The zero-order valence-corrected chi connectivity index (χ0v) is 6.63. The van der Waals surface area contributed by atoms with Crippen LogP contribution in [0.1, 0.15) is 4.88 Å². The summed E-state index contributed by atoms with van der Waals surface area (Å²) < 4.78 is 0. The molecule has 1 nitrogen and oxygen atoms in total. The van der Waals surface area contributed by atoms with Crippen molar-refractivity contribution in [2.45, 2.75) is 0 Å². The maximum atomic E-state index is 8.61. The molecule has 0 bridgehead atoms. The summed E-state index contributed by atoms with van der Waals surface area (Å²) in [6.07, 6.45) is 0. The molecule has 0 aromatic rings. The van der Waals surface area contributed by atoms with Crippen molar-refractivity contribution >= 4 is 20.7 Å². The van der Waals surface area contributed by atoms with Gasteiger partial charge in [-0.2, -0.15) is 5.26 Å². The van der Waals surface area contributed by atoms with Gasteiger partial charge in [-0.05, 0) is 6.07 Å². The van der Waals surface area contributed by atoms with Crippen LogP contribution in [-0.2, 0) is 0 Å². The molecule has 1 heterocycles. The first-order chi connectivity index (χ1) is 4.92. The van der Waals surface area contributed by atoms with Crippen LogP contribution in [0.5, 0.6) is 0 Å². The summed E-state index contributed by atoms with van der Waals surface area (Å²) in [6.45, 7) is 0. The van der Waals surface area contributed by atoms with E-state index < -0.39 is 0 Å². The Labute approximate surface area is 65.9 Å². The van der Waals surface area contributed by atoms with E-state index in [1.165, 1.54) is 4.88 Å². The standard InChI is InChI=1S/C7H3NS2/c8-4-7-5-2-1-3-6(5)9-10-7/h1-3H. The SMILES string of the molecule is N#Cc1ssc2cccc1-2. The van der Waals surface area contributed by atoms with Crippen LogP contribution in [0.25, 0.3) is 10.4 Å². The summed E-state index contributed by atoms with van der Waals surface area (Å²) in [5.41, 5.74) is 1.11. The minimum absolute atomic E-state index is 0.838. The summed E-state index contributed by atoms with van der Waals surface area (Å²) in [7, 11) is 3.21. The van der Waals surface area contributed by atoms with Crippen molar-refractivity contribution in [3.8, 4) is 16.5 Å². The lowest BCUT2D eigenvalue weighted by molar-refractivity contribution is 1.52. The maximum absolute atomic E-state index is 8.61. The van der Waals surface area contributed by atoms with E-state index in [0.717, 1.165) is 10.4 Å². The molecule has 0 spiro atoms. The van der Waals surface area contributed by atoms with Gasteiger partial charge < -0.3 is 0 Å². The van der Waals surface area contributed by atoms with E-state index in [1.807, 2.05) is 18.2 Å². The normalized spacial score (nSPS) is 9.90. The molecule has 0 atom stereocenters. The van der Waals surface area contributed by atoms with Gasteiger partial charge >= 0.3 is 0 Å². The van der Waals surface area contributed by atoms with E-state index in [1.54, 1.807) is 20.7 Å². The van der Waals surface area contributed by atoms with Crippen LogP contribution in [0.3, 0.4) is 0 Å². The van der Waals surface area contributed by atoms with Gasteiger partial charge in [0, 0.05) is 10.4 Å². The first kappa shape index (κ1) is 5.90. The highest BCUT2D eigenvalue weighted by Crippen LogP contribution is 2.37. The number of fused-ring (bicyclic) bond motifs is 1. The zero-order chi connectivity index (χ0) is 6.97. The molecule has 2 rings (SSSR count). The lowest BCUT2D eigenvalue weighted by Crippen LogP contribution is -1.64. The van der Waals surface area contributed by atoms with Crippen molar-refractivity contribution in [3.05, 3.63) is 23.1 Å². The lowest BCUT2D eigenvalue weighted by Gasteiger charge is -1.80. The monoisotopic (exact) mass is 165 g/mol. The van der Waals surface area contributed by atoms with Crippen LogP contribution < -0.4 is 0 Å². The van der Waals surface area contributed by atoms with Gasteiger partial charge in [-0.3, -0.25) is 0 Å². The van der Waals surface area contributed by atoms with Crippen LogP contribution in [-0.4, -0.2) is 0 Å². The third-order valence-corrected chi connectivity index (χ3v) is 3.72. The zero-order valence-electron chi connectivity index (χ0n) is 5.00. The van der Waals surface area contributed by atoms with Crippen molar-refractivity contribution in [1.29, 1.82) is 5.26 Å². The number of hydrogen-bond acceptors (Lipinski definition) is 3. The van der Waals surface area contributed by atoms with Crippen molar-refractivity contribution in [2.75, 3.05) is 0 Å². The highest BCUT2D eigenvalue weighted by molar-refractivity contribution is 7.71. The van der Waals surface area contributed by atoms with Gasteiger partial charge in [-0.15, -0.1) is 0 Å². The molecule has 10 heavy (non-hydrogen) atoms. The topological polar surface area (TPSA) is 23.8 Å². The minimum Gasteiger partial charge on any atom is -0.191 e. The summed E-state index contributed by atoms with van der Waals surface area (Å²) in [4.78, 5) is 2.06. The van der Waals surface area contributed by atoms with Crippen LogP contribution in [0, 0.1) is 11.3 Å². The van der Waals surface area contributed by atoms with Crippen LogP contribution in [0.2, 0.25) is 0 Å². The number of nitriles is 1. The van der Waals surface area contributed by atoms with E-state index in [9.17, 15) is 0 Å². The Bertz CT molecular complexity index is 352. The molecule has 0 aromatic carbocycles. The van der Waals surface area contributed by atoms with E-state index in [2.05, 4.69) is 6.07 Å². The molecule has 0 fully saturated rings. The van der Waals surface area contributed by atoms with Crippen LogP contribution in [0.4, 0.5) is 0 Å². The second-order valence-electron chi connectivity index (χ2n) is 1.91.